The Bertz CT molecular complexity index is 3320. The van der Waals surface area contributed by atoms with Crippen LogP contribution in [0.25, 0.3) is 66.4 Å². The van der Waals surface area contributed by atoms with E-state index in [1.807, 2.05) is 0 Å². The molecule has 0 radical (unpaired) electrons. The molecule has 0 fully saturated rings. The zero-order valence-electron chi connectivity index (χ0n) is 36.7. The van der Waals surface area contributed by atoms with Gasteiger partial charge in [-0.2, -0.15) is 0 Å². The van der Waals surface area contributed by atoms with Crippen LogP contribution >= 0.6 is 0 Å². The van der Waals surface area contributed by atoms with Crippen LogP contribution < -0.4 is 14.5 Å². The van der Waals surface area contributed by atoms with E-state index in [1.165, 1.54) is 44.5 Å². The SMILES string of the molecule is c1ccc(-c2ccc(N(c3ccc(-c4ccccc4)cc3)c3cc4c5c(cccc5c3)-c3c(cccc3N(c3ccc(-c5ccccc5)cc3)c3ccc(-c5ccccc5)cc3)O4)cc2)cc1. The van der Waals surface area contributed by atoms with Gasteiger partial charge in [-0.15, -0.1) is 0 Å². The van der Waals surface area contributed by atoms with Crippen molar-refractivity contribution in [2.75, 3.05) is 9.80 Å². The van der Waals surface area contributed by atoms with Crippen LogP contribution in [0, 0.1) is 0 Å². The number of hydrogen-bond acceptors (Lipinski definition) is 3. The van der Waals surface area contributed by atoms with Crippen LogP contribution in [0.2, 0.25) is 0 Å². The molecule has 0 unspecified atom stereocenters. The maximum atomic E-state index is 7.13. The Morgan fingerprint density at radius 3 is 1.04 bits per heavy atom. The van der Waals surface area contributed by atoms with Gasteiger partial charge in [0.1, 0.15) is 11.5 Å². The molecule has 0 atom stereocenters. The average Bonchev–Trinajstić information content (AvgIpc) is 3.41. The summed E-state index contributed by atoms with van der Waals surface area (Å²) < 4.78 is 7.13. The smallest absolute Gasteiger partial charge is 0.138 e. The second-order valence-corrected chi connectivity index (χ2v) is 16.9. The fraction of sp³-hybridized carbons (Fsp3) is 0. The number of fused-ring (bicyclic) bond motifs is 2. The normalized spacial score (nSPS) is 11.4. The second-order valence-electron chi connectivity index (χ2n) is 16.9. The molecule has 0 amide bonds. The highest BCUT2D eigenvalue weighted by molar-refractivity contribution is 6.09. The Labute approximate surface area is 391 Å². The van der Waals surface area contributed by atoms with E-state index in [0.717, 1.165) is 67.5 Å². The molecule has 1 aliphatic rings. The standard InChI is InChI=1S/C64H44N2O/c1-5-15-45(16-6-1)49-27-35-54(36-28-49)65(55-37-29-50(30-38-55)46-17-7-2-8-18-46)58-43-53-23-13-24-59-63(53)62(44-58)67-61-26-14-25-60(64(59)61)66(56-39-31-51(32-40-56)47-19-9-3-10-20-47)57-41-33-52(34-42-57)48-21-11-4-12-22-48/h1-44H. The lowest BCUT2D eigenvalue weighted by Gasteiger charge is -2.32. The minimum absolute atomic E-state index is 0.812. The van der Waals surface area contributed by atoms with Gasteiger partial charge in [-0.3, -0.25) is 0 Å². The lowest BCUT2D eigenvalue weighted by molar-refractivity contribution is 0.487. The molecule has 316 valence electrons. The number of rotatable bonds is 10. The molecule has 11 aromatic carbocycles. The quantitative estimate of drug-likeness (QED) is 0.136. The van der Waals surface area contributed by atoms with E-state index in [2.05, 4.69) is 277 Å². The molecule has 1 aliphatic heterocycles. The summed E-state index contributed by atoms with van der Waals surface area (Å²) in [5.74, 6) is 1.64. The summed E-state index contributed by atoms with van der Waals surface area (Å²) >= 11 is 0. The van der Waals surface area contributed by atoms with Crippen molar-refractivity contribution < 1.29 is 4.74 Å². The van der Waals surface area contributed by atoms with E-state index in [1.54, 1.807) is 0 Å². The van der Waals surface area contributed by atoms with Crippen molar-refractivity contribution in [1.82, 2.24) is 0 Å². The highest BCUT2D eigenvalue weighted by atomic mass is 16.5. The molecule has 1 heterocycles. The summed E-state index contributed by atoms with van der Waals surface area (Å²) in [4.78, 5) is 4.70. The summed E-state index contributed by atoms with van der Waals surface area (Å²) in [6.07, 6.45) is 0. The monoisotopic (exact) mass is 856 g/mol. The van der Waals surface area contributed by atoms with Gasteiger partial charge >= 0.3 is 0 Å². The van der Waals surface area contributed by atoms with Crippen molar-refractivity contribution in [3.8, 4) is 67.1 Å². The number of ether oxygens (including phenoxy) is 1. The average molecular weight is 857 g/mol. The first kappa shape index (κ1) is 39.7. The molecule has 0 aromatic heterocycles. The van der Waals surface area contributed by atoms with Gasteiger partial charge in [0, 0.05) is 39.8 Å². The molecule has 0 saturated carbocycles. The number of benzene rings is 11. The van der Waals surface area contributed by atoms with Gasteiger partial charge in [-0.25, -0.2) is 0 Å². The molecule has 3 heteroatoms. The number of anilines is 6. The highest BCUT2D eigenvalue weighted by Crippen LogP contribution is 2.54. The van der Waals surface area contributed by atoms with Gasteiger partial charge in [0.25, 0.3) is 0 Å². The van der Waals surface area contributed by atoms with Crippen LogP contribution in [0.5, 0.6) is 11.5 Å². The van der Waals surface area contributed by atoms with E-state index in [4.69, 9.17) is 4.74 Å². The van der Waals surface area contributed by atoms with Crippen LogP contribution in [0.15, 0.2) is 267 Å². The van der Waals surface area contributed by atoms with Gasteiger partial charge in [0.15, 0.2) is 0 Å². The van der Waals surface area contributed by atoms with E-state index in [9.17, 15) is 0 Å². The second kappa shape index (κ2) is 17.2. The first-order valence-electron chi connectivity index (χ1n) is 22.8. The summed E-state index contributed by atoms with van der Waals surface area (Å²) in [6, 6.07) is 95.3. The van der Waals surface area contributed by atoms with Gasteiger partial charge < -0.3 is 14.5 Å². The number of hydrogen-bond donors (Lipinski definition) is 0. The Morgan fingerprint density at radius 1 is 0.254 bits per heavy atom. The van der Waals surface area contributed by atoms with Gasteiger partial charge in [0.05, 0.1) is 11.4 Å². The van der Waals surface area contributed by atoms with E-state index >= 15 is 0 Å². The molecular weight excluding hydrogens is 813 g/mol. The summed E-state index contributed by atoms with van der Waals surface area (Å²) in [5, 5.41) is 2.19. The van der Waals surface area contributed by atoms with Crippen molar-refractivity contribution in [2.45, 2.75) is 0 Å². The molecule has 0 saturated heterocycles. The van der Waals surface area contributed by atoms with Crippen LogP contribution in [-0.4, -0.2) is 0 Å². The van der Waals surface area contributed by atoms with Crippen molar-refractivity contribution >= 4 is 44.9 Å². The topological polar surface area (TPSA) is 15.7 Å². The zero-order chi connectivity index (χ0) is 44.5. The van der Waals surface area contributed by atoms with E-state index in [0.29, 0.717) is 0 Å². The predicted octanol–water partition coefficient (Wildman–Crippen LogP) is 18.2. The molecule has 0 bridgehead atoms. The summed E-state index contributed by atoms with van der Waals surface area (Å²) in [6.45, 7) is 0. The zero-order valence-corrected chi connectivity index (χ0v) is 36.7. The Kier molecular flexibility index (Phi) is 10.2. The van der Waals surface area contributed by atoms with Gasteiger partial charge in [-0.05, 0) is 122 Å². The highest BCUT2D eigenvalue weighted by Gasteiger charge is 2.28. The van der Waals surface area contributed by atoms with E-state index in [-0.39, 0.29) is 0 Å². The van der Waals surface area contributed by atoms with Crippen LogP contribution in [0.3, 0.4) is 0 Å². The fourth-order valence-electron chi connectivity index (χ4n) is 9.58. The first-order valence-corrected chi connectivity index (χ1v) is 22.8. The third-order valence-corrected chi connectivity index (χ3v) is 12.8. The maximum Gasteiger partial charge on any atom is 0.138 e. The van der Waals surface area contributed by atoms with Crippen LogP contribution in [-0.2, 0) is 0 Å². The Morgan fingerprint density at radius 2 is 0.627 bits per heavy atom. The molecule has 67 heavy (non-hydrogen) atoms. The minimum Gasteiger partial charge on any atom is -0.456 e. The van der Waals surface area contributed by atoms with Crippen molar-refractivity contribution in [2.24, 2.45) is 0 Å². The molecule has 12 rings (SSSR count). The summed E-state index contributed by atoms with van der Waals surface area (Å²) in [5.41, 5.74) is 17.9. The van der Waals surface area contributed by atoms with Gasteiger partial charge in [-0.1, -0.05) is 194 Å². The predicted molar refractivity (Wildman–Crippen MR) is 281 cm³/mol. The molecule has 0 N–H and O–H groups in total. The largest absolute Gasteiger partial charge is 0.456 e. The van der Waals surface area contributed by atoms with Gasteiger partial charge in [0.2, 0.25) is 0 Å². The third kappa shape index (κ3) is 7.59. The maximum absolute atomic E-state index is 7.13. The van der Waals surface area contributed by atoms with Crippen molar-refractivity contribution in [3.63, 3.8) is 0 Å². The Balaban J connectivity index is 0.983. The Hall–Kier alpha value is -8.92. The lowest BCUT2D eigenvalue weighted by atomic mass is 9.92. The minimum atomic E-state index is 0.812. The number of nitrogens with zero attached hydrogens (tertiary/aromatic N) is 2. The van der Waals surface area contributed by atoms with Crippen LogP contribution in [0.4, 0.5) is 34.1 Å². The molecule has 0 aliphatic carbocycles. The fourth-order valence-corrected chi connectivity index (χ4v) is 9.58. The molecule has 3 nitrogen and oxygen atoms in total. The molecule has 11 aromatic rings. The first-order chi connectivity index (χ1) is 33.2. The lowest BCUT2D eigenvalue weighted by Crippen LogP contribution is -2.13. The van der Waals surface area contributed by atoms with Crippen LogP contribution in [0.1, 0.15) is 0 Å². The third-order valence-electron chi connectivity index (χ3n) is 12.8. The molecular formula is C64H44N2O. The van der Waals surface area contributed by atoms with E-state index < -0.39 is 0 Å². The van der Waals surface area contributed by atoms with Crippen molar-refractivity contribution in [1.29, 1.82) is 0 Å². The molecule has 0 spiro atoms. The summed E-state index contributed by atoms with van der Waals surface area (Å²) in [7, 11) is 0. The van der Waals surface area contributed by atoms with Crippen molar-refractivity contribution in [3.05, 3.63) is 267 Å².